The maximum atomic E-state index is 8.60. The number of oxime groups is 1. The topological polar surface area (TPSA) is 41.8 Å². The molecule has 0 saturated heterocycles. The Morgan fingerprint density at radius 1 is 1.44 bits per heavy atom. The van der Waals surface area contributed by atoms with Gasteiger partial charge in [0.25, 0.3) is 0 Å². The maximum absolute atomic E-state index is 8.60. The summed E-state index contributed by atoms with van der Waals surface area (Å²) >= 11 is 6.14. The van der Waals surface area contributed by atoms with Crippen LogP contribution in [0.15, 0.2) is 41.8 Å². The van der Waals surface area contributed by atoms with Gasteiger partial charge in [0, 0.05) is 16.1 Å². The molecule has 1 aromatic rings. The molecule has 0 unspecified atom stereocenters. The predicted octanol–water partition coefficient (Wildman–Crippen LogP) is 3.08. The van der Waals surface area contributed by atoms with E-state index >= 15 is 0 Å². The molecule has 2 rings (SSSR count). The van der Waals surface area contributed by atoms with Crippen LogP contribution in [-0.4, -0.2) is 18.0 Å². The molecule has 1 aromatic carbocycles. The van der Waals surface area contributed by atoms with Gasteiger partial charge in [0.05, 0.1) is 12.5 Å². The largest absolute Gasteiger partial charge is 0.497 e. The van der Waals surface area contributed by atoms with E-state index in [0.29, 0.717) is 11.6 Å². The third kappa shape index (κ3) is 2.09. The Bertz CT molecular complexity index is 478. The Kier molecular flexibility index (Phi) is 3.27. The van der Waals surface area contributed by atoms with E-state index in [1.807, 2.05) is 24.3 Å². The van der Waals surface area contributed by atoms with E-state index in [0.717, 1.165) is 16.7 Å². The number of hydrogen-bond acceptors (Lipinski definition) is 3. The van der Waals surface area contributed by atoms with Crippen LogP contribution >= 0.6 is 11.6 Å². The van der Waals surface area contributed by atoms with E-state index < -0.39 is 0 Å². The predicted molar refractivity (Wildman–Crippen MR) is 63.9 cm³/mol. The summed E-state index contributed by atoms with van der Waals surface area (Å²) in [5.41, 5.74) is 2.58. The zero-order chi connectivity index (χ0) is 11.4. The number of rotatable bonds is 2. The normalized spacial score (nSPS) is 14.9. The third-order valence-electron chi connectivity index (χ3n) is 2.27. The van der Waals surface area contributed by atoms with E-state index in [-0.39, 0.29) is 0 Å². The highest BCUT2D eigenvalue weighted by atomic mass is 35.5. The van der Waals surface area contributed by atoms with Crippen molar-refractivity contribution in [2.24, 2.45) is 5.16 Å². The van der Waals surface area contributed by atoms with Crippen molar-refractivity contribution in [2.75, 3.05) is 6.61 Å². The Morgan fingerprint density at radius 3 is 3.00 bits per heavy atom. The summed E-state index contributed by atoms with van der Waals surface area (Å²) in [5, 5.41) is 12.3. The van der Waals surface area contributed by atoms with Crippen LogP contribution in [-0.2, 0) is 4.74 Å². The van der Waals surface area contributed by atoms with Crippen molar-refractivity contribution in [1.82, 2.24) is 0 Å². The molecule has 0 amide bonds. The molecule has 82 valence electrons. The van der Waals surface area contributed by atoms with E-state index in [4.69, 9.17) is 21.5 Å². The van der Waals surface area contributed by atoms with Crippen molar-refractivity contribution in [3.05, 3.63) is 52.8 Å². The summed E-state index contributed by atoms with van der Waals surface area (Å²) in [6.07, 6.45) is 6.75. The molecule has 4 heteroatoms. The highest BCUT2D eigenvalue weighted by Gasteiger charge is 2.10. The van der Waals surface area contributed by atoms with Crippen molar-refractivity contribution in [3.63, 3.8) is 0 Å². The molecule has 0 aromatic heterocycles. The Morgan fingerprint density at radius 2 is 2.31 bits per heavy atom. The standard InChI is InChI=1S/C12H10ClNO2/c13-11-3-1-2-10(8-14-15)12(11)9-4-6-16-7-5-9/h1-6,8,15H,7H2. The van der Waals surface area contributed by atoms with Crippen molar-refractivity contribution >= 4 is 23.4 Å². The zero-order valence-corrected chi connectivity index (χ0v) is 9.19. The van der Waals surface area contributed by atoms with Gasteiger partial charge in [0.1, 0.15) is 6.61 Å². The first-order valence-electron chi connectivity index (χ1n) is 4.77. The molecule has 0 aliphatic carbocycles. The van der Waals surface area contributed by atoms with Gasteiger partial charge in [-0.2, -0.15) is 0 Å². The van der Waals surface area contributed by atoms with E-state index in [9.17, 15) is 0 Å². The SMILES string of the molecule is ON=Cc1cccc(Cl)c1C1=CCOC=C1. The van der Waals surface area contributed by atoms with Crippen molar-refractivity contribution < 1.29 is 9.94 Å². The molecule has 16 heavy (non-hydrogen) atoms. The lowest BCUT2D eigenvalue weighted by molar-refractivity contribution is 0.287. The second kappa shape index (κ2) is 4.86. The average molecular weight is 236 g/mol. The number of halogens is 1. The Balaban J connectivity index is 2.53. The first-order chi connectivity index (χ1) is 7.83. The summed E-state index contributed by atoms with van der Waals surface area (Å²) in [6, 6.07) is 5.45. The lowest BCUT2D eigenvalue weighted by atomic mass is 9.99. The summed E-state index contributed by atoms with van der Waals surface area (Å²) < 4.78 is 5.08. The second-order valence-electron chi connectivity index (χ2n) is 3.24. The number of ether oxygens (including phenoxy) is 1. The van der Waals surface area contributed by atoms with E-state index in [1.54, 1.807) is 12.3 Å². The quantitative estimate of drug-likeness (QED) is 0.486. The summed E-state index contributed by atoms with van der Waals surface area (Å²) in [6.45, 7) is 0.521. The molecule has 0 fully saturated rings. The fourth-order valence-electron chi connectivity index (χ4n) is 1.58. The smallest absolute Gasteiger partial charge is 0.106 e. The number of benzene rings is 1. The van der Waals surface area contributed by atoms with Crippen LogP contribution < -0.4 is 0 Å². The lowest BCUT2D eigenvalue weighted by Crippen LogP contribution is -1.97. The van der Waals surface area contributed by atoms with Crippen LogP contribution in [0.1, 0.15) is 11.1 Å². The van der Waals surface area contributed by atoms with Crippen LogP contribution in [0.4, 0.5) is 0 Å². The Hall–Kier alpha value is -1.74. The molecule has 1 aliphatic heterocycles. The molecule has 0 radical (unpaired) electrons. The molecule has 0 bridgehead atoms. The monoisotopic (exact) mass is 235 g/mol. The van der Waals surface area contributed by atoms with E-state index in [2.05, 4.69) is 5.16 Å². The molecular formula is C12H10ClNO2. The van der Waals surface area contributed by atoms with Gasteiger partial charge in [-0.25, -0.2) is 0 Å². The molecule has 3 nitrogen and oxygen atoms in total. The molecule has 0 spiro atoms. The Labute approximate surface area is 98.3 Å². The number of allylic oxidation sites excluding steroid dienone is 2. The van der Waals surface area contributed by atoms with E-state index in [1.165, 1.54) is 6.21 Å². The second-order valence-corrected chi connectivity index (χ2v) is 3.65. The molecule has 0 atom stereocenters. The molecule has 1 N–H and O–H groups in total. The third-order valence-corrected chi connectivity index (χ3v) is 2.59. The lowest BCUT2D eigenvalue weighted by Gasteiger charge is -2.12. The number of nitrogens with zero attached hydrogens (tertiary/aromatic N) is 1. The summed E-state index contributed by atoms with van der Waals surface area (Å²) in [7, 11) is 0. The summed E-state index contributed by atoms with van der Waals surface area (Å²) in [4.78, 5) is 0. The minimum atomic E-state index is 0.521. The van der Waals surface area contributed by atoms with Crippen LogP contribution in [0.25, 0.3) is 5.57 Å². The zero-order valence-electron chi connectivity index (χ0n) is 8.43. The van der Waals surface area contributed by atoms with Crippen LogP contribution in [0, 0.1) is 0 Å². The van der Waals surface area contributed by atoms with Gasteiger partial charge in [-0.15, -0.1) is 0 Å². The van der Waals surface area contributed by atoms with Crippen LogP contribution in [0.3, 0.4) is 0 Å². The van der Waals surface area contributed by atoms with Crippen molar-refractivity contribution in [3.8, 4) is 0 Å². The van der Waals surface area contributed by atoms with Gasteiger partial charge in [-0.05, 0) is 23.8 Å². The molecule has 1 aliphatic rings. The first-order valence-corrected chi connectivity index (χ1v) is 5.15. The first kappa shape index (κ1) is 10.8. The van der Waals surface area contributed by atoms with Crippen LogP contribution in [0.5, 0.6) is 0 Å². The minimum absolute atomic E-state index is 0.521. The van der Waals surface area contributed by atoms with Crippen LogP contribution in [0.2, 0.25) is 5.02 Å². The number of hydrogen-bond donors (Lipinski definition) is 1. The fourth-order valence-corrected chi connectivity index (χ4v) is 1.87. The minimum Gasteiger partial charge on any atom is -0.497 e. The van der Waals surface area contributed by atoms with Gasteiger partial charge in [0.2, 0.25) is 0 Å². The molecule has 0 saturated carbocycles. The highest BCUT2D eigenvalue weighted by Crippen LogP contribution is 2.28. The summed E-state index contributed by atoms with van der Waals surface area (Å²) in [5.74, 6) is 0. The van der Waals surface area contributed by atoms with Gasteiger partial charge in [0.15, 0.2) is 0 Å². The van der Waals surface area contributed by atoms with Gasteiger partial charge < -0.3 is 9.94 Å². The average Bonchev–Trinajstić information content (AvgIpc) is 2.31. The van der Waals surface area contributed by atoms with Gasteiger partial charge in [-0.1, -0.05) is 28.9 Å². The van der Waals surface area contributed by atoms with Crippen molar-refractivity contribution in [2.45, 2.75) is 0 Å². The fraction of sp³-hybridized carbons (Fsp3) is 0.0833. The molecule has 1 heterocycles. The van der Waals surface area contributed by atoms with Gasteiger partial charge >= 0.3 is 0 Å². The molecular weight excluding hydrogens is 226 g/mol. The van der Waals surface area contributed by atoms with Crippen molar-refractivity contribution in [1.29, 1.82) is 0 Å². The van der Waals surface area contributed by atoms with Gasteiger partial charge in [-0.3, -0.25) is 0 Å². The highest BCUT2D eigenvalue weighted by molar-refractivity contribution is 6.33. The maximum Gasteiger partial charge on any atom is 0.106 e.